The van der Waals surface area contributed by atoms with Gasteiger partial charge in [0.05, 0.1) is 19.4 Å². The van der Waals surface area contributed by atoms with Crippen molar-refractivity contribution in [2.75, 3.05) is 39.3 Å². The van der Waals surface area contributed by atoms with Gasteiger partial charge in [0.15, 0.2) is 23.3 Å². The number of nitrogens with zero attached hydrogens (tertiary/aromatic N) is 3. The summed E-state index contributed by atoms with van der Waals surface area (Å²) < 4.78 is 24.5. The van der Waals surface area contributed by atoms with Crippen LogP contribution in [0.5, 0.6) is 5.75 Å². The molecule has 1 N–H and O–H groups in total. The van der Waals surface area contributed by atoms with Gasteiger partial charge in [0.2, 0.25) is 0 Å². The normalized spacial score (nSPS) is 14.3. The molecule has 0 bridgehead atoms. The number of ether oxygens (including phenoxy) is 1. The van der Waals surface area contributed by atoms with Gasteiger partial charge in [-0.05, 0) is 43.7 Å². The van der Waals surface area contributed by atoms with Crippen LogP contribution in [0, 0.1) is 5.82 Å². The maximum atomic E-state index is 14.1. The van der Waals surface area contributed by atoms with Crippen molar-refractivity contribution < 1.29 is 18.3 Å². The summed E-state index contributed by atoms with van der Waals surface area (Å²) in [6.07, 6.45) is 1.50. The van der Waals surface area contributed by atoms with Crippen molar-refractivity contribution in [3.63, 3.8) is 0 Å². The fraction of sp³-hybridized carbons (Fsp3) is 0.429. The van der Waals surface area contributed by atoms with Crippen molar-refractivity contribution in [3.8, 4) is 5.75 Å². The number of amides is 1. The fourth-order valence-electron chi connectivity index (χ4n) is 3.18. The Morgan fingerprint density at radius 1 is 1.20 bits per heavy atom. The van der Waals surface area contributed by atoms with Gasteiger partial charge in [-0.3, -0.25) is 4.79 Å². The summed E-state index contributed by atoms with van der Waals surface area (Å²) in [5.74, 6) is 0.893. The molecule has 0 saturated carbocycles. The second-order valence-electron chi connectivity index (χ2n) is 6.62. The van der Waals surface area contributed by atoms with Crippen molar-refractivity contribution >= 4 is 35.8 Å². The minimum absolute atomic E-state index is 0. The predicted octanol–water partition coefficient (Wildman–Crippen LogP) is 3.36. The van der Waals surface area contributed by atoms with Crippen LogP contribution in [0.3, 0.4) is 0 Å². The number of hydrogen-bond acceptors (Lipinski definition) is 4. The van der Waals surface area contributed by atoms with Crippen LogP contribution in [-0.4, -0.2) is 61.0 Å². The molecule has 1 saturated heterocycles. The molecule has 9 heteroatoms. The molecule has 0 spiro atoms. The Hall–Kier alpha value is -2.30. The lowest BCUT2D eigenvalue weighted by Crippen LogP contribution is -2.53. The zero-order valence-corrected chi connectivity index (χ0v) is 19.6. The van der Waals surface area contributed by atoms with Crippen LogP contribution in [0.4, 0.5) is 4.39 Å². The first-order valence-electron chi connectivity index (χ1n) is 9.89. The number of benzene rings is 1. The summed E-state index contributed by atoms with van der Waals surface area (Å²) in [7, 11) is 0. The minimum atomic E-state index is -0.380. The second kappa shape index (κ2) is 11.8. The third-order valence-corrected chi connectivity index (χ3v) is 4.64. The summed E-state index contributed by atoms with van der Waals surface area (Å²) in [6, 6.07) is 8.30. The van der Waals surface area contributed by atoms with Crippen molar-refractivity contribution in [1.29, 1.82) is 0 Å². The van der Waals surface area contributed by atoms with Gasteiger partial charge < -0.3 is 24.3 Å². The third kappa shape index (κ3) is 6.10. The van der Waals surface area contributed by atoms with Crippen molar-refractivity contribution in [3.05, 3.63) is 53.7 Å². The third-order valence-electron chi connectivity index (χ3n) is 4.64. The average molecular weight is 530 g/mol. The Labute approximate surface area is 193 Å². The lowest BCUT2D eigenvalue weighted by atomic mass is 10.2. The van der Waals surface area contributed by atoms with E-state index in [0.29, 0.717) is 45.1 Å². The molecule has 1 fully saturated rings. The van der Waals surface area contributed by atoms with Crippen LogP contribution >= 0.6 is 24.0 Å². The molecule has 3 rings (SSSR count). The summed E-state index contributed by atoms with van der Waals surface area (Å²) >= 11 is 0. The maximum absolute atomic E-state index is 14.1. The lowest BCUT2D eigenvalue weighted by Gasteiger charge is -2.36. The van der Waals surface area contributed by atoms with Crippen LogP contribution < -0.4 is 10.1 Å². The molecule has 1 aromatic heterocycles. The van der Waals surface area contributed by atoms with Gasteiger partial charge in [0.25, 0.3) is 5.91 Å². The zero-order valence-electron chi connectivity index (χ0n) is 17.3. The Morgan fingerprint density at radius 3 is 2.53 bits per heavy atom. The molecule has 164 valence electrons. The van der Waals surface area contributed by atoms with Gasteiger partial charge in [0.1, 0.15) is 0 Å². The average Bonchev–Trinajstić information content (AvgIpc) is 3.27. The van der Waals surface area contributed by atoms with E-state index in [-0.39, 0.29) is 41.5 Å². The van der Waals surface area contributed by atoms with E-state index in [4.69, 9.17) is 9.15 Å². The number of piperazine rings is 1. The number of aliphatic imine (C=N–C) groups is 1. The molecular formula is C21H28FIN4O3. The molecule has 1 aromatic carbocycles. The number of carbonyl (C=O) groups is 1. The van der Waals surface area contributed by atoms with E-state index in [9.17, 15) is 9.18 Å². The van der Waals surface area contributed by atoms with E-state index < -0.39 is 0 Å². The molecule has 0 aliphatic carbocycles. The van der Waals surface area contributed by atoms with Gasteiger partial charge in [0, 0.05) is 32.7 Å². The monoisotopic (exact) mass is 530 g/mol. The number of rotatable bonds is 6. The summed E-state index contributed by atoms with van der Waals surface area (Å²) in [6.45, 7) is 7.83. The van der Waals surface area contributed by atoms with Crippen LogP contribution in [0.2, 0.25) is 0 Å². The molecular weight excluding hydrogens is 502 g/mol. The first-order chi connectivity index (χ1) is 14.1. The first-order valence-corrected chi connectivity index (χ1v) is 9.89. The summed E-state index contributed by atoms with van der Waals surface area (Å²) in [5, 5.41) is 3.28. The van der Waals surface area contributed by atoms with Crippen LogP contribution in [0.1, 0.15) is 30.0 Å². The summed E-state index contributed by atoms with van der Waals surface area (Å²) in [4.78, 5) is 20.9. The summed E-state index contributed by atoms with van der Waals surface area (Å²) in [5.41, 5.74) is 0.771. The quantitative estimate of drug-likeness (QED) is 0.353. The van der Waals surface area contributed by atoms with Gasteiger partial charge in [-0.25, -0.2) is 9.38 Å². The number of furan rings is 1. The molecule has 1 aliphatic rings. The topological polar surface area (TPSA) is 70.3 Å². The number of hydrogen-bond donors (Lipinski definition) is 1. The number of halogens is 2. The number of nitrogens with one attached hydrogen (secondary N) is 1. The van der Waals surface area contributed by atoms with E-state index in [1.165, 1.54) is 12.3 Å². The standard InChI is InChI=1S/C21H27FN4O3.HI/c1-3-23-21(24-15-16-7-8-18(28-4-2)17(22)14-16)26-11-9-25(10-12-26)20(27)19-6-5-13-29-19;/h5-8,13-14H,3-4,9-12,15H2,1-2H3,(H,23,24);1H. The minimum Gasteiger partial charge on any atom is -0.491 e. The molecule has 2 aromatic rings. The van der Waals surface area contributed by atoms with E-state index in [0.717, 1.165) is 18.1 Å². The van der Waals surface area contributed by atoms with E-state index in [2.05, 4.69) is 15.2 Å². The highest BCUT2D eigenvalue weighted by molar-refractivity contribution is 14.0. The molecule has 30 heavy (non-hydrogen) atoms. The number of carbonyl (C=O) groups excluding carboxylic acids is 1. The Balaban J connectivity index is 0.00000320. The Bertz CT molecular complexity index is 837. The molecule has 0 radical (unpaired) electrons. The largest absolute Gasteiger partial charge is 0.491 e. The molecule has 0 atom stereocenters. The van der Waals surface area contributed by atoms with Crippen molar-refractivity contribution in [2.45, 2.75) is 20.4 Å². The highest BCUT2D eigenvalue weighted by atomic mass is 127. The van der Waals surface area contributed by atoms with Gasteiger partial charge >= 0.3 is 0 Å². The van der Waals surface area contributed by atoms with Gasteiger partial charge in [-0.15, -0.1) is 24.0 Å². The molecule has 0 unspecified atom stereocenters. The fourth-order valence-corrected chi connectivity index (χ4v) is 3.18. The highest BCUT2D eigenvalue weighted by Crippen LogP contribution is 2.19. The molecule has 1 amide bonds. The molecule has 1 aliphatic heterocycles. The molecule has 2 heterocycles. The lowest BCUT2D eigenvalue weighted by molar-refractivity contribution is 0.0657. The predicted molar refractivity (Wildman–Crippen MR) is 124 cm³/mol. The van der Waals surface area contributed by atoms with Crippen molar-refractivity contribution in [2.24, 2.45) is 4.99 Å². The Kier molecular flexibility index (Phi) is 9.41. The highest BCUT2D eigenvalue weighted by Gasteiger charge is 2.25. The van der Waals surface area contributed by atoms with Gasteiger partial charge in [-0.2, -0.15) is 0 Å². The van der Waals surface area contributed by atoms with Gasteiger partial charge in [-0.1, -0.05) is 6.07 Å². The maximum Gasteiger partial charge on any atom is 0.289 e. The zero-order chi connectivity index (χ0) is 20.6. The smallest absolute Gasteiger partial charge is 0.289 e. The van der Waals surface area contributed by atoms with E-state index >= 15 is 0 Å². The second-order valence-corrected chi connectivity index (χ2v) is 6.62. The molecule has 7 nitrogen and oxygen atoms in total. The van der Waals surface area contributed by atoms with Crippen LogP contribution in [-0.2, 0) is 6.54 Å². The van der Waals surface area contributed by atoms with E-state index in [1.54, 1.807) is 23.1 Å². The Morgan fingerprint density at radius 2 is 1.93 bits per heavy atom. The van der Waals surface area contributed by atoms with Crippen molar-refractivity contribution in [1.82, 2.24) is 15.1 Å². The first kappa shape index (κ1) is 24.0. The van der Waals surface area contributed by atoms with Crippen LogP contribution in [0.25, 0.3) is 0 Å². The SMILES string of the molecule is CCNC(=NCc1ccc(OCC)c(F)c1)N1CCN(C(=O)c2ccco2)CC1.I. The van der Waals surface area contributed by atoms with Crippen LogP contribution in [0.15, 0.2) is 46.0 Å². The number of guanidine groups is 1. The van der Waals surface area contributed by atoms with E-state index in [1.807, 2.05) is 19.9 Å².